The lowest BCUT2D eigenvalue weighted by molar-refractivity contribution is 0.222. The third-order valence-electron chi connectivity index (χ3n) is 3.17. The van der Waals surface area contributed by atoms with E-state index in [1.807, 2.05) is 36.4 Å². The number of aliphatic hydroxyl groups excluding tert-OH is 1. The van der Waals surface area contributed by atoms with Crippen LogP contribution in [0.5, 0.6) is 0 Å². The minimum Gasteiger partial charge on any atom is -0.384 e. The number of nitrogens with zero attached hydrogens (tertiary/aromatic N) is 1. The van der Waals surface area contributed by atoms with Gasteiger partial charge in [-0.3, -0.25) is 4.98 Å². The van der Waals surface area contributed by atoms with Gasteiger partial charge in [0, 0.05) is 21.1 Å². The predicted molar refractivity (Wildman–Crippen MR) is 85.0 cm³/mol. The molecule has 3 aromatic rings. The Kier molecular flexibility index (Phi) is 3.74. The molecule has 20 heavy (non-hydrogen) atoms. The number of hydrogen-bond acceptors (Lipinski definition) is 2. The first-order chi connectivity index (χ1) is 9.65. The highest BCUT2D eigenvalue weighted by molar-refractivity contribution is 9.10. The van der Waals surface area contributed by atoms with Gasteiger partial charge < -0.3 is 5.11 Å². The molecular formula is C16H11BrClNO. The SMILES string of the molecule is OC(c1cc(Cl)cc(Br)c1)c1cccc2ncccc12. The molecule has 1 atom stereocenters. The fraction of sp³-hybridized carbons (Fsp3) is 0.0625. The highest BCUT2D eigenvalue weighted by Gasteiger charge is 2.14. The third kappa shape index (κ3) is 2.57. The van der Waals surface area contributed by atoms with Gasteiger partial charge in [0.2, 0.25) is 0 Å². The molecule has 0 spiro atoms. The van der Waals surface area contributed by atoms with E-state index in [1.165, 1.54) is 0 Å². The van der Waals surface area contributed by atoms with Crippen molar-refractivity contribution in [2.24, 2.45) is 0 Å². The van der Waals surface area contributed by atoms with Crippen molar-refractivity contribution in [3.8, 4) is 0 Å². The fourth-order valence-corrected chi connectivity index (χ4v) is 3.16. The second kappa shape index (κ2) is 5.52. The first-order valence-electron chi connectivity index (χ1n) is 6.13. The van der Waals surface area contributed by atoms with Gasteiger partial charge in [-0.05, 0) is 41.5 Å². The van der Waals surface area contributed by atoms with Crippen LogP contribution in [-0.4, -0.2) is 10.1 Å². The number of pyridine rings is 1. The second-order valence-corrected chi connectivity index (χ2v) is 5.87. The molecule has 0 aliphatic rings. The van der Waals surface area contributed by atoms with Crippen molar-refractivity contribution >= 4 is 38.4 Å². The molecule has 1 heterocycles. The molecule has 0 aliphatic heterocycles. The highest BCUT2D eigenvalue weighted by Crippen LogP contribution is 2.31. The largest absolute Gasteiger partial charge is 0.384 e. The molecule has 4 heteroatoms. The summed E-state index contributed by atoms with van der Waals surface area (Å²) in [6, 6.07) is 15.0. The van der Waals surface area contributed by atoms with E-state index in [4.69, 9.17) is 11.6 Å². The van der Waals surface area contributed by atoms with Crippen molar-refractivity contribution < 1.29 is 5.11 Å². The number of aliphatic hydroxyl groups is 1. The van der Waals surface area contributed by atoms with Crippen LogP contribution < -0.4 is 0 Å². The zero-order chi connectivity index (χ0) is 14.1. The molecular weight excluding hydrogens is 338 g/mol. The summed E-state index contributed by atoms with van der Waals surface area (Å²) in [5, 5.41) is 12.2. The Morgan fingerprint density at radius 3 is 2.75 bits per heavy atom. The van der Waals surface area contributed by atoms with Crippen LogP contribution in [0.15, 0.2) is 59.2 Å². The number of aromatic nitrogens is 1. The minimum absolute atomic E-state index is 0.590. The van der Waals surface area contributed by atoms with E-state index < -0.39 is 6.10 Å². The maximum Gasteiger partial charge on any atom is 0.105 e. The Labute approximate surface area is 130 Å². The number of rotatable bonds is 2. The van der Waals surface area contributed by atoms with Gasteiger partial charge in [-0.2, -0.15) is 0 Å². The summed E-state index contributed by atoms with van der Waals surface area (Å²) < 4.78 is 0.845. The number of halogens is 2. The molecule has 0 bridgehead atoms. The molecule has 0 amide bonds. The van der Waals surface area contributed by atoms with Crippen molar-refractivity contribution in [1.29, 1.82) is 0 Å². The molecule has 2 nitrogen and oxygen atoms in total. The monoisotopic (exact) mass is 347 g/mol. The molecule has 100 valence electrons. The predicted octanol–water partition coefficient (Wildman–Crippen LogP) is 4.73. The zero-order valence-electron chi connectivity index (χ0n) is 10.4. The van der Waals surface area contributed by atoms with Gasteiger partial charge in [0.1, 0.15) is 6.10 Å². The lowest BCUT2D eigenvalue weighted by Gasteiger charge is -2.14. The van der Waals surface area contributed by atoms with Gasteiger partial charge in [0.25, 0.3) is 0 Å². The Bertz CT molecular complexity index is 750. The van der Waals surface area contributed by atoms with Gasteiger partial charge in [0.15, 0.2) is 0 Å². The van der Waals surface area contributed by atoms with Crippen molar-refractivity contribution in [2.75, 3.05) is 0 Å². The molecule has 1 unspecified atom stereocenters. The molecule has 3 rings (SSSR count). The second-order valence-electron chi connectivity index (χ2n) is 4.52. The highest BCUT2D eigenvalue weighted by atomic mass is 79.9. The quantitative estimate of drug-likeness (QED) is 0.726. The maximum absolute atomic E-state index is 10.6. The van der Waals surface area contributed by atoms with Gasteiger partial charge >= 0.3 is 0 Å². The van der Waals surface area contributed by atoms with Crippen LogP contribution in [-0.2, 0) is 0 Å². The molecule has 1 N–H and O–H groups in total. The van der Waals surface area contributed by atoms with Crippen LogP contribution in [0.4, 0.5) is 0 Å². The van der Waals surface area contributed by atoms with Gasteiger partial charge in [-0.15, -0.1) is 0 Å². The summed E-state index contributed by atoms with van der Waals surface area (Å²) in [6.07, 6.45) is 1.01. The van der Waals surface area contributed by atoms with Crippen molar-refractivity contribution in [1.82, 2.24) is 4.98 Å². The smallest absolute Gasteiger partial charge is 0.105 e. The Balaban J connectivity index is 2.15. The molecule has 0 fully saturated rings. The molecule has 0 saturated carbocycles. The van der Waals surface area contributed by atoms with Crippen LogP contribution in [0, 0.1) is 0 Å². The standard InChI is InChI=1S/C16H11BrClNO/c17-11-7-10(8-12(18)9-11)16(20)14-3-1-5-15-13(14)4-2-6-19-15/h1-9,16,20H. The average molecular weight is 349 g/mol. The summed E-state index contributed by atoms with van der Waals surface area (Å²) in [7, 11) is 0. The first kappa shape index (κ1) is 13.6. The maximum atomic E-state index is 10.6. The third-order valence-corrected chi connectivity index (χ3v) is 3.85. The Hall–Kier alpha value is -1.42. The van der Waals surface area contributed by atoms with Crippen LogP contribution in [0.1, 0.15) is 17.2 Å². The Morgan fingerprint density at radius 1 is 1.10 bits per heavy atom. The van der Waals surface area contributed by atoms with Crippen LogP contribution >= 0.6 is 27.5 Å². The fourth-order valence-electron chi connectivity index (χ4n) is 2.28. The number of hydrogen-bond donors (Lipinski definition) is 1. The van der Waals surface area contributed by atoms with Crippen molar-refractivity contribution in [3.63, 3.8) is 0 Å². The summed E-state index contributed by atoms with van der Waals surface area (Å²) >= 11 is 9.44. The van der Waals surface area contributed by atoms with E-state index in [0.717, 1.165) is 26.5 Å². The minimum atomic E-state index is -0.738. The Morgan fingerprint density at radius 2 is 1.95 bits per heavy atom. The van der Waals surface area contributed by atoms with Gasteiger partial charge in [0.05, 0.1) is 5.52 Å². The summed E-state index contributed by atoms with van der Waals surface area (Å²) in [6.45, 7) is 0. The average Bonchev–Trinajstić information content (AvgIpc) is 2.45. The molecule has 0 aliphatic carbocycles. The lowest BCUT2D eigenvalue weighted by atomic mass is 9.98. The van der Waals surface area contributed by atoms with E-state index in [9.17, 15) is 5.11 Å². The molecule has 0 saturated heterocycles. The van der Waals surface area contributed by atoms with Crippen molar-refractivity contribution in [2.45, 2.75) is 6.10 Å². The van der Waals surface area contributed by atoms with Crippen LogP contribution in [0.25, 0.3) is 10.9 Å². The number of benzene rings is 2. The van der Waals surface area contributed by atoms with E-state index in [2.05, 4.69) is 20.9 Å². The summed E-state index contributed by atoms with van der Waals surface area (Å²) in [5.74, 6) is 0. The molecule has 0 radical (unpaired) electrons. The molecule has 1 aromatic heterocycles. The van der Waals surface area contributed by atoms with E-state index in [0.29, 0.717) is 5.02 Å². The number of fused-ring (bicyclic) bond motifs is 1. The summed E-state index contributed by atoms with van der Waals surface area (Å²) in [5.41, 5.74) is 2.44. The van der Waals surface area contributed by atoms with E-state index in [1.54, 1.807) is 18.3 Å². The van der Waals surface area contributed by atoms with E-state index >= 15 is 0 Å². The van der Waals surface area contributed by atoms with Gasteiger partial charge in [-0.25, -0.2) is 0 Å². The van der Waals surface area contributed by atoms with Crippen LogP contribution in [0.3, 0.4) is 0 Å². The van der Waals surface area contributed by atoms with Crippen LogP contribution in [0.2, 0.25) is 5.02 Å². The molecule has 2 aromatic carbocycles. The van der Waals surface area contributed by atoms with Crippen molar-refractivity contribution in [3.05, 3.63) is 75.4 Å². The zero-order valence-corrected chi connectivity index (χ0v) is 12.8. The topological polar surface area (TPSA) is 33.1 Å². The summed E-state index contributed by atoms with van der Waals surface area (Å²) in [4.78, 5) is 4.31. The first-order valence-corrected chi connectivity index (χ1v) is 7.30. The van der Waals surface area contributed by atoms with E-state index in [-0.39, 0.29) is 0 Å². The van der Waals surface area contributed by atoms with Gasteiger partial charge in [-0.1, -0.05) is 45.7 Å². The normalized spacial score (nSPS) is 12.6. The lowest BCUT2D eigenvalue weighted by Crippen LogP contribution is -2.01.